The molecule has 7 heteroatoms. The van der Waals surface area contributed by atoms with Crippen molar-refractivity contribution in [1.29, 1.82) is 0 Å². The highest BCUT2D eigenvalue weighted by atomic mass is 16.4. The third-order valence-electron chi connectivity index (χ3n) is 3.46. The number of nitrogens with zero attached hydrogens (tertiary/aromatic N) is 4. The lowest BCUT2D eigenvalue weighted by Gasteiger charge is -2.13. The van der Waals surface area contributed by atoms with Gasteiger partial charge in [0.1, 0.15) is 17.5 Å². The Balaban J connectivity index is 2.13. The predicted octanol–water partition coefficient (Wildman–Crippen LogP) is 2.99. The Morgan fingerprint density at radius 3 is 2.50 bits per heavy atom. The van der Waals surface area contributed by atoms with Crippen molar-refractivity contribution in [3.8, 4) is 11.1 Å². The molecule has 0 saturated carbocycles. The van der Waals surface area contributed by atoms with Crippen molar-refractivity contribution < 1.29 is 9.90 Å². The Kier molecular flexibility index (Phi) is 4.15. The molecule has 2 N–H and O–H groups in total. The lowest BCUT2D eigenvalue weighted by molar-refractivity contribution is 0.0695. The molecular formula is C17H15N5O2. The molecule has 0 radical (unpaired) electrons. The maximum Gasteiger partial charge on any atom is 0.337 e. The number of hydrogen-bond donors (Lipinski definition) is 2. The molecular weight excluding hydrogens is 306 g/mol. The van der Waals surface area contributed by atoms with Crippen LogP contribution in [0.15, 0.2) is 42.9 Å². The Morgan fingerprint density at radius 1 is 1.08 bits per heavy atom. The average Bonchev–Trinajstić information content (AvgIpc) is 2.55. The van der Waals surface area contributed by atoms with Crippen LogP contribution in [0, 0.1) is 13.8 Å². The Morgan fingerprint density at radius 2 is 1.83 bits per heavy atom. The van der Waals surface area contributed by atoms with Gasteiger partial charge in [-0.25, -0.2) is 19.7 Å². The molecule has 0 unspecified atom stereocenters. The summed E-state index contributed by atoms with van der Waals surface area (Å²) in [7, 11) is 0. The van der Waals surface area contributed by atoms with Crippen molar-refractivity contribution in [2.45, 2.75) is 13.8 Å². The van der Waals surface area contributed by atoms with Gasteiger partial charge >= 0.3 is 5.97 Å². The van der Waals surface area contributed by atoms with Crippen LogP contribution in [-0.2, 0) is 0 Å². The van der Waals surface area contributed by atoms with E-state index in [-0.39, 0.29) is 5.56 Å². The number of rotatable bonds is 4. The fourth-order valence-electron chi connectivity index (χ4n) is 2.32. The zero-order chi connectivity index (χ0) is 17.1. The molecule has 3 aromatic rings. The first kappa shape index (κ1) is 15.5. The van der Waals surface area contributed by atoms with Gasteiger partial charge in [0.2, 0.25) is 0 Å². The van der Waals surface area contributed by atoms with Gasteiger partial charge in [0.25, 0.3) is 0 Å². The Bertz CT molecular complexity index is 897. The van der Waals surface area contributed by atoms with Crippen LogP contribution in [0.2, 0.25) is 0 Å². The topological polar surface area (TPSA) is 101 Å². The van der Waals surface area contributed by atoms with Gasteiger partial charge in [0, 0.05) is 24.2 Å². The quantitative estimate of drug-likeness (QED) is 0.761. The molecule has 120 valence electrons. The number of aromatic carboxylic acids is 1. The van der Waals surface area contributed by atoms with Gasteiger partial charge < -0.3 is 10.4 Å². The monoisotopic (exact) mass is 321 g/mol. The van der Waals surface area contributed by atoms with Gasteiger partial charge in [-0.15, -0.1) is 0 Å². The molecule has 0 bridgehead atoms. The summed E-state index contributed by atoms with van der Waals surface area (Å²) in [6, 6.07) is 6.94. The first-order valence-electron chi connectivity index (χ1n) is 7.26. The molecule has 0 aliphatic carbocycles. The molecule has 0 spiro atoms. The van der Waals surface area contributed by atoms with E-state index in [9.17, 15) is 9.90 Å². The second-order valence-electron chi connectivity index (χ2n) is 5.17. The molecule has 3 rings (SSSR count). The van der Waals surface area contributed by atoms with Crippen LogP contribution in [-0.4, -0.2) is 31.0 Å². The van der Waals surface area contributed by atoms with Gasteiger partial charge in [-0.2, -0.15) is 0 Å². The standard InChI is InChI=1S/C17H15N5O2/c1-10-13(17(23)24)9-14(12-3-6-18-7-4-12)16(20-10)22-15-5-8-19-11(2)21-15/h3-9H,1-2H3,(H,23,24)(H,19,20,21,22). The highest BCUT2D eigenvalue weighted by Crippen LogP contribution is 2.30. The Hall–Kier alpha value is -3.35. The summed E-state index contributed by atoms with van der Waals surface area (Å²) in [4.78, 5) is 28.2. The first-order valence-corrected chi connectivity index (χ1v) is 7.26. The van der Waals surface area contributed by atoms with Crippen LogP contribution in [0.3, 0.4) is 0 Å². The van der Waals surface area contributed by atoms with Crippen molar-refractivity contribution in [1.82, 2.24) is 19.9 Å². The van der Waals surface area contributed by atoms with Crippen molar-refractivity contribution in [3.05, 3.63) is 59.9 Å². The molecule has 7 nitrogen and oxygen atoms in total. The van der Waals surface area contributed by atoms with Crippen LogP contribution in [0.25, 0.3) is 11.1 Å². The van der Waals surface area contributed by atoms with Crippen LogP contribution < -0.4 is 5.32 Å². The van der Waals surface area contributed by atoms with Gasteiger partial charge in [0.05, 0.1) is 11.3 Å². The van der Waals surface area contributed by atoms with Crippen molar-refractivity contribution in [2.24, 2.45) is 0 Å². The average molecular weight is 321 g/mol. The van der Waals surface area contributed by atoms with Crippen LogP contribution in [0.1, 0.15) is 21.9 Å². The summed E-state index contributed by atoms with van der Waals surface area (Å²) < 4.78 is 0. The highest BCUT2D eigenvalue weighted by Gasteiger charge is 2.16. The lowest BCUT2D eigenvalue weighted by atomic mass is 10.0. The van der Waals surface area contributed by atoms with E-state index in [4.69, 9.17) is 0 Å². The number of carbonyl (C=O) groups is 1. The summed E-state index contributed by atoms with van der Waals surface area (Å²) in [5.41, 5.74) is 2.06. The number of aryl methyl sites for hydroxylation is 2. The minimum atomic E-state index is -1.01. The third-order valence-corrected chi connectivity index (χ3v) is 3.46. The van der Waals surface area contributed by atoms with E-state index in [1.165, 1.54) is 0 Å². The van der Waals surface area contributed by atoms with E-state index in [1.807, 2.05) is 0 Å². The predicted molar refractivity (Wildman–Crippen MR) is 89.2 cm³/mol. The van der Waals surface area contributed by atoms with E-state index in [0.29, 0.717) is 28.7 Å². The summed E-state index contributed by atoms with van der Waals surface area (Å²) in [6.07, 6.45) is 4.94. The van der Waals surface area contributed by atoms with E-state index in [0.717, 1.165) is 5.56 Å². The number of aromatic nitrogens is 4. The van der Waals surface area contributed by atoms with Crippen molar-refractivity contribution in [2.75, 3.05) is 5.32 Å². The second kappa shape index (κ2) is 6.41. The molecule has 0 aromatic carbocycles. The lowest BCUT2D eigenvalue weighted by Crippen LogP contribution is -2.07. The number of nitrogens with one attached hydrogen (secondary N) is 1. The number of carboxylic acid groups (broad SMARTS) is 1. The zero-order valence-corrected chi connectivity index (χ0v) is 13.2. The fraction of sp³-hybridized carbons (Fsp3) is 0.118. The minimum absolute atomic E-state index is 0.159. The molecule has 24 heavy (non-hydrogen) atoms. The third kappa shape index (κ3) is 3.19. The first-order chi connectivity index (χ1) is 11.5. The van der Waals surface area contributed by atoms with Crippen LogP contribution in [0.4, 0.5) is 11.6 Å². The molecule has 0 atom stereocenters. The maximum absolute atomic E-state index is 11.4. The normalized spacial score (nSPS) is 10.4. The molecule has 0 aliphatic heterocycles. The number of carboxylic acids is 1. The fourth-order valence-corrected chi connectivity index (χ4v) is 2.32. The molecule has 0 saturated heterocycles. The second-order valence-corrected chi connectivity index (χ2v) is 5.17. The molecule has 3 aromatic heterocycles. The number of hydrogen-bond acceptors (Lipinski definition) is 6. The van der Waals surface area contributed by atoms with Gasteiger partial charge in [-0.05, 0) is 43.7 Å². The Labute approximate surface area is 138 Å². The number of pyridine rings is 2. The molecule has 0 aliphatic rings. The van der Waals surface area contributed by atoms with E-state index >= 15 is 0 Å². The van der Waals surface area contributed by atoms with Crippen LogP contribution >= 0.6 is 0 Å². The zero-order valence-electron chi connectivity index (χ0n) is 13.2. The van der Waals surface area contributed by atoms with Crippen molar-refractivity contribution >= 4 is 17.6 Å². The number of anilines is 2. The van der Waals surface area contributed by atoms with Crippen LogP contribution in [0.5, 0.6) is 0 Å². The van der Waals surface area contributed by atoms with E-state index < -0.39 is 5.97 Å². The summed E-state index contributed by atoms with van der Waals surface area (Å²) in [5, 5.41) is 12.5. The molecule has 3 heterocycles. The highest BCUT2D eigenvalue weighted by molar-refractivity contribution is 5.92. The van der Waals surface area contributed by atoms with E-state index in [2.05, 4.69) is 25.3 Å². The molecule has 0 amide bonds. The van der Waals surface area contributed by atoms with Gasteiger partial charge in [0.15, 0.2) is 0 Å². The van der Waals surface area contributed by atoms with E-state index in [1.54, 1.807) is 56.7 Å². The van der Waals surface area contributed by atoms with Gasteiger partial charge in [-0.3, -0.25) is 4.98 Å². The minimum Gasteiger partial charge on any atom is -0.478 e. The smallest absolute Gasteiger partial charge is 0.337 e. The largest absolute Gasteiger partial charge is 0.478 e. The summed E-state index contributed by atoms with van der Waals surface area (Å²) in [6.45, 7) is 3.46. The SMILES string of the molecule is Cc1nccc(Nc2nc(C)c(C(=O)O)cc2-c2ccncc2)n1. The van der Waals surface area contributed by atoms with Crippen molar-refractivity contribution in [3.63, 3.8) is 0 Å². The van der Waals surface area contributed by atoms with Gasteiger partial charge in [-0.1, -0.05) is 0 Å². The maximum atomic E-state index is 11.4. The molecule has 0 fully saturated rings. The summed E-state index contributed by atoms with van der Waals surface area (Å²) >= 11 is 0. The summed E-state index contributed by atoms with van der Waals surface area (Å²) in [5.74, 6) is 0.735.